The first-order chi connectivity index (χ1) is 9.45. The highest BCUT2D eigenvalue weighted by molar-refractivity contribution is 5.85. The van der Waals surface area contributed by atoms with Gasteiger partial charge in [-0.2, -0.15) is 0 Å². The first kappa shape index (κ1) is 16.9. The molecular formula is C14H27N3O3. The van der Waals surface area contributed by atoms with Crippen LogP contribution in [-0.4, -0.2) is 68.6 Å². The molecule has 2 atom stereocenters. The van der Waals surface area contributed by atoms with Crippen molar-refractivity contribution >= 4 is 11.8 Å². The van der Waals surface area contributed by atoms with Gasteiger partial charge in [0.2, 0.25) is 11.8 Å². The van der Waals surface area contributed by atoms with E-state index in [9.17, 15) is 9.59 Å². The van der Waals surface area contributed by atoms with E-state index in [1.54, 1.807) is 26.1 Å². The lowest BCUT2D eigenvalue weighted by molar-refractivity contribution is -0.143. The van der Waals surface area contributed by atoms with E-state index in [4.69, 9.17) is 10.5 Å². The van der Waals surface area contributed by atoms with Gasteiger partial charge in [-0.3, -0.25) is 9.59 Å². The topological polar surface area (TPSA) is 75.9 Å². The molecule has 1 fully saturated rings. The lowest BCUT2D eigenvalue weighted by Gasteiger charge is -2.31. The van der Waals surface area contributed by atoms with Crippen LogP contribution in [0.25, 0.3) is 0 Å². The van der Waals surface area contributed by atoms with Crippen molar-refractivity contribution in [2.75, 3.05) is 40.9 Å². The molecule has 0 heterocycles. The highest BCUT2D eigenvalue weighted by Gasteiger charge is 2.29. The normalized spacial score (nSPS) is 22.4. The van der Waals surface area contributed by atoms with Gasteiger partial charge in [0.25, 0.3) is 0 Å². The Bertz CT molecular complexity index is 334. The van der Waals surface area contributed by atoms with Gasteiger partial charge in [-0.05, 0) is 19.3 Å². The average molecular weight is 285 g/mol. The Kier molecular flexibility index (Phi) is 6.95. The number of hydrogen-bond acceptors (Lipinski definition) is 4. The molecule has 6 heteroatoms. The predicted molar refractivity (Wildman–Crippen MR) is 77.1 cm³/mol. The molecule has 6 nitrogen and oxygen atoms in total. The SMILES string of the molecule is COCCN(CC(=O)N(C)C)C(=O)C1CCCC(N)C1. The highest BCUT2D eigenvalue weighted by Crippen LogP contribution is 2.24. The Hall–Kier alpha value is -1.14. The summed E-state index contributed by atoms with van der Waals surface area (Å²) < 4.78 is 5.03. The third kappa shape index (κ3) is 5.09. The van der Waals surface area contributed by atoms with Crippen molar-refractivity contribution in [3.63, 3.8) is 0 Å². The zero-order chi connectivity index (χ0) is 15.1. The van der Waals surface area contributed by atoms with Crippen LogP contribution in [-0.2, 0) is 14.3 Å². The first-order valence-corrected chi connectivity index (χ1v) is 7.19. The lowest BCUT2D eigenvalue weighted by Crippen LogP contribution is -2.46. The number of methoxy groups -OCH3 is 1. The number of carbonyl (C=O) groups excluding carboxylic acids is 2. The van der Waals surface area contributed by atoms with Gasteiger partial charge in [0, 0.05) is 39.7 Å². The second-order valence-corrected chi connectivity index (χ2v) is 5.66. The second-order valence-electron chi connectivity index (χ2n) is 5.66. The number of hydrogen-bond donors (Lipinski definition) is 1. The molecular weight excluding hydrogens is 258 g/mol. The molecule has 0 aromatic heterocycles. The number of nitrogens with zero attached hydrogens (tertiary/aromatic N) is 2. The minimum absolute atomic E-state index is 0.0346. The van der Waals surface area contributed by atoms with Crippen LogP contribution < -0.4 is 5.73 Å². The standard InChI is InChI=1S/C14H27N3O3/c1-16(2)13(18)10-17(7-8-20-3)14(19)11-5-4-6-12(15)9-11/h11-12H,4-10,15H2,1-3H3. The van der Waals surface area contributed by atoms with Gasteiger partial charge in [-0.15, -0.1) is 0 Å². The summed E-state index contributed by atoms with van der Waals surface area (Å²) >= 11 is 0. The molecule has 1 saturated carbocycles. The van der Waals surface area contributed by atoms with Gasteiger partial charge in [-0.25, -0.2) is 0 Å². The van der Waals surface area contributed by atoms with Crippen LogP contribution in [0.5, 0.6) is 0 Å². The first-order valence-electron chi connectivity index (χ1n) is 7.19. The molecule has 20 heavy (non-hydrogen) atoms. The van der Waals surface area contributed by atoms with Gasteiger partial charge >= 0.3 is 0 Å². The Labute approximate surface area is 121 Å². The maximum Gasteiger partial charge on any atom is 0.241 e. The van der Waals surface area contributed by atoms with Crippen LogP contribution in [0.3, 0.4) is 0 Å². The molecule has 116 valence electrons. The third-order valence-electron chi connectivity index (χ3n) is 3.77. The summed E-state index contributed by atoms with van der Waals surface area (Å²) in [6.07, 6.45) is 3.56. The van der Waals surface area contributed by atoms with Gasteiger partial charge < -0.3 is 20.3 Å². The third-order valence-corrected chi connectivity index (χ3v) is 3.77. The Balaban J connectivity index is 2.65. The molecule has 1 aliphatic rings. The van der Waals surface area contributed by atoms with E-state index in [1.165, 1.54) is 4.90 Å². The molecule has 0 aromatic rings. The summed E-state index contributed by atoms with van der Waals surface area (Å²) in [5, 5.41) is 0. The maximum atomic E-state index is 12.6. The van der Waals surface area contributed by atoms with Crippen LogP contribution in [0.4, 0.5) is 0 Å². The van der Waals surface area contributed by atoms with E-state index in [2.05, 4.69) is 0 Å². The summed E-state index contributed by atoms with van der Waals surface area (Å²) in [5.74, 6) is -0.0903. The summed E-state index contributed by atoms with van der Waals surface area (Å²) in [6, 6.07) is 0.103. The summed E-state index contributed by atoms with van der Waals surface area (Å²) in [4.78, 5) is 27.5. The van der Waals surface area contributed by atoms with Crippen molar-refractivity contribution < 1.29 is 14.3 Å². The van der Waals surface area contributed by atoms with Crippen LogP contribution in [0.2, 0.25) is 0 Å². The lowest BCUT2D eigenvalue weighted by atomic mass is 9.85. The Morgan fingerprint density at radius 2 is 2.00 bits per heavy atom. The average Bonchev–Trinajstić information content (AvgIpc) is 2.42. The summed E-state index contributed by atoms with van der Waals surface area (Å²) in [5.41, 5.74) is 5.94. The van der Waals surface area contributed by atoms with Gasteiger partial charge in [0.1, 0.15) is 0 Å². The fraction of sp³-hybridized carbons (Fsp3) is 0.857. The fourth-order valence-corrected chi connectivity index (χ4v) is 2.48. The van der Waals surface area contributed by atoms with Crippen LogP contribution in [0.1, 0.15) is 25.7 Å². The largest absolute Gasteiger partial charge is 0.383 e. The van der Waals surface area contributed by atoms with E-state index in [-0.39, 0.29) is 30.3 Å². The van der Waals surface area contributed by atoms with E-state index >= 15 is 0 Å². The number of ether oxygens (including phenoxy) is 1. The number of nitrogens with two attached hydrogens (primary N) is 1. The van der Waals surface area contributed by atoms with Gasteiger partial charge in [0.15, 0.2) is 0 Å². The van der Waals surface area contributed by atoms with E-state index < -0.39 is 0 Å². The van der Waals surface area contributed by atoms with Crippen LogP contribution in [0, 0.1) is 5.92 Å². The monoisotopic (exact) mass is 285 g/mol. The van der Waals surface area contributed by atoms with Crippen molar-refractivity contribution in [1.82, 2.24) is 9.80 Å². The smallest absolute Gasteiger partial charge is 0.241 e. The Morgan fingerprint density at radius 1 is 1.30 bits per heavy atom. The van der Waals surface area contributed by atoms with Crippen LogP contribution >= 0.6 is 0 Å². The molecule has 2 amide bonds. The van der Waals surface area contributed by atoms with Crippen molar-refractivity contribution in [3.05, 3.63) is 0 Å². The van der Waals surface area contributed by atoms with Crippen molar-refractivity contribution in [2.24, 2.45) is 11.7 Å². The minimum Gasteiger partial charge on any atom is -0.383 e. The second kappa shape index (κ2) is 8.21. The highest BCUT2D eigenvalue weighted by atomic mass is 16.5. The zero-order valence-electron chi connectivity index (χ0n) is 12.8. The van der Waals surface area contributed by atoms with E-state index in [0.29, 0.717) is 13.2 Å². The predicted octanol–water partition coefficient (Wildman–Crippen LogP) is 0.0671. The quantitative estimate of drug-likeness (QED) is 0.749. The van der Waals surface area contributed by atoms with E-state index in [0.717, 1.165) is 25.7 Å². The zero-order valence-corrected chi connectivity index (χ0v) is 12.8. The maximum absolute atomic E-state index is 12.6. The van der Waals surface area contributed by atoms with Gasteiger partial charge in [-0.1, -0.05) is 6.42 Å². The van der Waals surface area contributed by atoms with Crippen LogP contribution in [0.15, 0.2) is 0 Å². The number of carbonyl (C=O) groups is 2. The summed E-state index contributed by atoms with van der Waals surface area (Å²) in [7, 11) is 4.97. The van der Waals surface area contributed by atoms with Gasteiger partial charge in [0.05, 0.1) is 13.2 Å². The van der Waals surface area contributed by atoms with Crippen molar-refractivity contribution in [3.8, 4) is 0 Å². The molecule has 1 rings (SSSR count). The Morgan fingerprint density at radius 3 is 2.55 bits per heavy atom. The molecule has 0 aliphatic heterocycles. The molecule has 0 spiro atoms. The molecule has 0 saturated heterocycles. The number of amides is 2. The molecule has 1 aliphatic carbocycles. The molecule has 0 bridgehead atoms. The number of rotatable bonds is 6. The number of likely N-dealkylation sites (N-methyl/N-ethyl adjacent to an activating group) is 1. The molecule has 2 N–H and O–H groups in total. The molecule has 0 radical (unpaired) electrons. The summed E-state index contributed by atoms with van der Waals surface area (Å²) in [6.45, 7) is 0.993. The molecule has 0 aromatic carbocycles. The van der Waals surface area contributed by atoms with Crippen molar-refractivity contribution in [1.29, 1.82) is 0 Å². The molecule has 2 unspecified atom stereocenters. The van der Waals surface area contributed by atoms with E-state index in [1.807, 2.05) is 0 Å². The van der Waals surface area contributed by atoms with Crippen molar-refractivity contribution in [2.45, 2.75) is 31.7 Å². The minimum atomic E-state index is -0.0745. The fourth-order valence-electron chi connectivity index (χ4n) is 2.48.